The van der Waals surface area contributed by atoms with Gasteiger partial charge < -0.3 is 10.1 Å². The Morgan fingerprint density at radius 2 is 1.93 bits per heavy atom. The van der Waals surface area contributed by atoms with E-state index in [2.05, 4.69) is 20.4 Å². The SMILES string of the molecule is C/C=C\C=C(\Nc1nc(SC)nc(OC(C)=O)c1C(=O)N=N)C(=N)c1ccccc1. The van der Waals surface area contributed by atoms with Gasteiger partial charge in [-0.05, 0) is 19.3 Å². The molecule has 10 heteroatoms. The highest BCUT2D eigenvalue weighted by molar-refractivity contribution is 7.98. The van der Waals surface area contributed by atoms with Gasteiger partial charge in [-0.1, -0.05) is 54.2 Å². The summed E-state index contributed by atoms with van der Waals surface area (Å²) in [6.45, 7) is 2.99. The predicted molar refractivity (Wildman–Crippen MR) is 114 cm³/mol. The lowest BCUT2D eigenvalue weighted by atomic mass is 10.1. The maximum atomic E-state index is 12.3. The summed E-state index contributed by atoms with van der Waals surface area (Å²) in [7, 11) is 0. The number of rotatable bonds is 8. The molecule has 0 aliphatic rings. The number of allylic oxidation sites excluding steroid dienone is 4. The Bertz CT molecular complexity index is 1030. The zero-order chi connectivity index (χ0) is 22.1. The summed E-state index contributed by atoms with van der Waals surface area (Å²) in [6, 6.07) is 9.00. The summed E-state index contributed by atoms with van der Waals surface area (Å²) in [5.74, 6) is -2.00. The molecule has 30 heavy (non-hydrogen) atoms. The first kappa shape index (κ1) is 22.6. The summed E-state index contributed by atoms with van der Waals surface area (Å²) in [5, 5.41) is 14.7. The van der Waals surface area contributed by atoms with Crippen LogP contribution in [0.4, 0.5) is 5.82 Å². The van der Waals surface area contributed by atoms with Gasteiger partial charge >= 0.3 is 11.9 Å². The largest absolute Gasteiger partial charge is 0.407 e. The van der Waals surface area contributed by atoms with Crippen molar-refractivity contribution < 1.29 is 14.3 Å². The highest BCUT2D eigenvalue weighted by Gasteiger charge is 2.25. The number of nitrogens with zero attached hydrogens (tertiary/aromatic N) is 3. The Morgan fingerprint density at radius 1 is 1.23 bits per heavy atom. The Morgan fingerprint density at radius 3 is 2.50 bits per heavy atom. The molecular weight excluding hydrogens is 404 g/mol. The molecule has 0 spiro atoms. The summed E-state index contributed by atoms with van der Waals surface area (Å²) in [6.07, 6.45) is 6.87. The molecule has 0 aliphatic carbocycles. The van der Waals surface area contributed by atoms with Gasteiger partial charge in [0.1, 0.15) is 5.56 Å². The first-order valence-electron chi connectivity index (χ1n) is 8.71. The minimum absolute atomic E-state index is 0.0250. The molecule has 0 bridgehead atoms. The molecule has 9 nitrogen and oxygen atoms in total. The van der Waals surface area contributed by atoms with Gasteiger partial charge in [0.2, 0.25) is 5.88 Å². The van der Waals surface area contributed by atoms with Crippen LogP contribution in [0.15, 0.2) is 64.5 Å². The number of ether oxygens (including phenoxy) is 1. The topological polar surface area (TPSA) is 141 Å². The van der Waals surface area contributed by atoms with Crippen LogP contribution in [0.25, 0.3) is 0 Å². The maximum absolute atomic E-state index is 12.3. The lowest BCUT2D eigenvalue weighted by Gasteiger charge is -2.16. The smallest absolute Gasteiger partial charge is 0.309 e. The second-order valence-electron chi connectivity index (χ2n) is 5.72. The Labute approximate surface area is 177 Å². The van der Waals surface area contributed by atoms with Crippen molar-refractivity contribution in [1.29, 1.82) is 10.9 Å². The molecule has 154 valence electrons. The monoisotopic (exact) mass is 424 g/mol. The molecule has 0 fully saturated rings. The number of hydrogen-bond acceptors (Lipinski definition) is 9. The number of carbonyl (C=O) groups is 2. The van der Waals surface area contributed by atoms with Crippen LogP contribution in [-0.4, -0.2) is 33.8 Å². The normalized spacial score (nSPS) is 11.2. The minimum atomic E-state index is -0.988. The number of aromatic nitrogens is 2. The predicted octanol–water partition coefficient (Wildman–Crippen LogP) is 4.23. The second kappa shape index (κ2) is 10.8. The lowest BCUT2D eigenvalue weighted by Crippen LogP contribution is -2.17. The van der Waals surface area contributed by atoms with E-state index in [1.807, 2.05) is 13.0 Å². The first-order chi connectivity index (χ1) is 14.4. The molecule has 2 aromatic rings. The minimum Gasteiger partial charge on any atom is -0.407 e. The Balaban J connectivity index is 2.63. The van der Waals surface area contributed by atoms with Crippen molar-refractivity contribution in [2.75, 3.05) is 11.6 Å². The molecule has 0 aliphatic heterocycles. The number of esters is 1. The van der Waals surface area contributed by atoms with E-state index in [0.717, 1.165) is 0 Å². The molecule has 1 heterocycles. The third-order valence-corrected chi connectivity index (χ3v) is 4.18. The van der Waals surface area contributed by atoms with Crippen molar-refractivity contribution in [1.82, 2.24) is 9.97 Å². The molecule has 0 unspecified atom stereocenters. The van der Waals surface area contributed by atoms with E-state index < -0.39 is 11.9 Å². The molecular formula is C20H20N6O3S. The average Bonchev–Trinajstić information content (AvgIpc) is 2.75. The molecule has 0 saturated carbocycles. The van der Waals surface area contributed by atoms with Crippen LogP contribution in [0.5, 0.6) is 5.88 Å². The van der Waals surface area contributed by atoms with Crippen molar-refractivity contribution in [3.05, 3.63) is 65.4 Å². The average molecular weight is 424 g/mol. The molecule has 0 radical (unpaired) electrons. The number of amides is 1. The zero-order valence-corrected chi connectivity index (χ0v) is 17.4. The molecule has 0 saturated heterocycles. The van der Waals surface area contributed by atoms with E-state index in [9.17, 15) is 9.59 Å². The number of anilines is 1. The number of benzene rings is 1. The lowest BCUT2D eigenvalue weighted by molar-refractivity contribution is -0.132. The van der Waals surface area contributed by atoms with Gasteiger partial charge in [0.25, 0.3) is 0 Å². The summed E-state index contributed by atoms with van der Waals surface area (Å²) in [5.41, 5.74) is 7.95. The first-order valence-corrected chi connectivity index (χ1v) is 9.94. The molecule has 1 amide bonds. The number of carbonyl (C=O) groups excluding carboxylic acids is 2. The van der Waals surface area contributed by atoms with E-state index in [1.165, 1.54) is 18.7 Å². The van der Waals surface area contributed by atoms with Crippen LogP contribution < -0.4 is 10.1 Å². The fourth-order valence-electron chi connectivity index (χ4n) is 2.33. The van der Waals surface area contributed by atoms with Crippen molar-refractivity contribution in [3.63, 3.8) is 0 Å². The molecule has 0 atom stereocenters. The van der Waals surface area contributed by atoms with Gasteiger partial charge in [0.05, 0.1) is 11.4 Å². The quantitative estimate of drug-likeness (QED) is 0.144. The van der Waals surface area contributed by atoms with Gasteiger partial charge in [0, 0.05) is 12.5 Å². The summed E-state index contributed by atoms with van der Waals surface area (Å²) in [4.78, 5) is 32.1. The van der Waals surface area contributed by atoms with Crippen LogP contribution in [0.2, 0.25) is 0 Å². The Kier molecular flexibility index (Phi) is 8.12. The van der Waals surface area contributed by atoms with Crippen LogP contribution in [0.1, 0.15) is 29.8 Å². The number of thioether (sulfide) groups is 1. The fourth-order valence-corrected chi connectivity index (χ4v) is 2.69. The standard InChI is InChI=1S/C20H20N6O3S/c1-4-5-11-14(16(21)13-9-7-6-8-10-13)23-17-15(18(28)26-22)19(29-12(2)27)25-20(24-17)30-3/h4-11,21-22H,1-3H3,(H,23,24,25)/b5-4-,14-11+,21-16?,26-22?. The van der Waals surface area contributed by atoms with Gasteiger partial charge in [-0.25, -0.2) is 10.5 Å². The van der Waals surface area contributed by atoms with Gasteiger partial charge in [0.15, 0.2) is 11.0 Å². The van der Waals surface area contributed by atoms with Gasteiger partial charge in [-0.15, -0.1) is 5.11 Å². The van der Waals surface area contributed by atoms with Gasteiger partial charge in [-0.3, -0.25) is 15.0 Å². The second-order valence-corrected chi connectivity index (χ2v) is 6.50. The summed E-state index contributed by atoms with van der Waals surface area (Å²) >= 11 is 1.17. The zero-order valence-electron chi connectivity index (χ0n) is 16.6. The molecule has 1 aromatic heterocycles. The third-order valence-electron chi connectivity index (χ3n) is 3.63. The van der Waals surface area contributed by atoms with E-state index in [-0.39, 0.29) is 28.1 Å². The number of hydrogen-bond donors (Lipinski definition) is 3. The summed E-state index contributed by atoms with van der Waals surface area (Å²) < 4.78 is 5.06. The maximum Gasteiger partial charge on any atom is 0.309 e. The highest BCUT2D eigenvalue weighted by Crippen LogP contribution is 2.29. The van der Waals surface area contributed by atoms with Crippen molar-refractivity contribution in [2.45, 2.75) is 19.0 Å². The molecule has 3 N–H and O–H groups in total. The Hall–Kier alpha value is -3.66. The van der Waals surface area contributed by atoms with Crippen molar-refractivity contribution >= 4 is 35.2 Å². The van der Waals surface area contributed by atoms with Crippen molar-refractivity contribution in [3.8, 4) is 5.88 Å². The van der Waals surface area contributed by atoms with E-state index in [1.54, 1.807) is 48.7 Å². The van der Waals surface area contributed by atoms with Crippen LogP contribution >= 0.6 is 11.8 Å². The van der Waals surface area contributed by atoms with Crippen LogP contribution in [0, 0.1) is 10.9 Å². The third kappa shape index (κ3) is 5.67. The van der Waals surface area contributed by atoms with E-state index >= 15 is 0 Å². The molecule has 1 aromatic carbocycles. The van der Waals surface area contributed by atoms with Crippen LogP contribution in [-0.2, 0) is 4.79 Å². The van der Waals surface area contributed by atoms with Crippen molar-refractivity contribution in [2.24, 2.45) is 5.11 Å². The van der Waals surface area contributed by atoms with Gasteiger partial charge in [-0.2, -0.15) is 4.98 Å². The molecule has 2 rings (SSSR count). The fraction of sp³-hybridized carbons (Fsp3) is 0.150. The van der Waals surface area contributed by atoms with Crippen LogP contribution in [0.3, 0.4) is 0 Å². The van der Waals surface area contributed by atoms with E-state index in [0.29, 0.717) is 11.3 Å². The highest BCUT2D eigenvalue weighted by atomic mass is 32.2. The van der Waals surface area contributed by atoms with E-state index in [4.69, 9.17) is 15.7 Å². The number of nitrogens with one attached hydrogen (secondary N) is 3.